The van der Waals surface area contributed by atoms with Crippen molar-refractivity contribution in [3.63, 3.8) is 0 Å². The Labute approximate surface area is 117 Å². The summed E-state index contributed by atoms with van der Waals surface area (Å²) in [4.78, 5) is 18.2. The summed E-state index contributed by atoms with van der Waals surface area (Å²) in [7, 11) is 4.00. The first-order valence-corrected chi connectivity index (χ1v) is 6.41. The van der Waals surface area contributed by atoms with Crippen molar-refractivity contribution in [2.45, 2.75) is 0 Å². The summed E-state index contributed by atoms with van der Waals surface area (Å²) in [5.41, 5.74) is 3.64. The smallest absolute Gasteiger partial charge is 0.257 e. The molecule has 2 aromatic rings. The van der Waals surface area contributed by atoms with Gasteiger partial charge < -0.3 is 10.2 Å². The van der Waals surface area contributed by atoms with Gasteiger partial charge in [-0.3, -0.25) is 4.79 Å². The van der Waals surface area contributed by atoms with Crippen molar-refractivity contribution in [1.82, 2.24) is 4.98 Å². The second-order valence-electron chi connectivity index (χ2n) is 4.90. The lowest BCUT2D eigenvalue weighted by Crippen LogP contribution is -2.08. The fourth-order valence-electron chi connectivity index (χ4n) is 2.20. The standard InChI is InChI=1S/C16H15N3O/c1-19(2)12-7-5-11(6-8-12)10-14-13-4-3-9-17-15(13)18-16(14)20/h3-10H,1-2H3,(H,17,18,20)/b14-10-. The van der Waals surface area contributed by atoms with E-state index in [1.165, 1.54) is 0 Å². The van der Waals surface area contributed by atoms with E-state index >= 15 is 0 Å². The number of carbonyl (C=O) groups is 1. The van der Waals surface area contributed by atoms with E-state index in [2.05, 4.69) is 10.3 Å². The van der Waals surface area contributed by atoms with Crippen molar-refractivity contribution in [1.29, 1.82) is 0 Å². The Morgan fingerprint density at radius 1 is 1.15 bits per heavy atom. The van der Waals surface area contributed by atoms with E-state index in [0.29, 0.717) is 11.4 Å². The van der Waals surface area contributed by atoms with E-state index in [9.17, 15) is 4.79 Å². The van der Waals surface area contributed by atoms with Crippen LogP contribution in [0.4, 0.5) is 11.5 Å². The van der Waals surface area contributed by atoms with Crippen LogP contribution in [0.1, 0.15) is 11.1 Å². The van der Waals surface area contributed by atoms with E-state index in [4.69, 9.17) is 0 Å². The average molecular weight is 265 g/mol. The molecule has 0 fully saturated rings. The van der Waals surface area contributed by atoms with E-state index in [0.717, 1.165) is 16.8 Å². The maximum atomic E-state index is 12.0. The third-order valence-corrected chi connectivity index (χ3v) is 3.29. The van der Waals surface area contributed by atoms with Gasteiger partial charge in [0, 0.05) is 31.5 Å². The molecule has 2 heterocycles. The predicted octanol–water partition coefficient (Wildman–Crippen LogP) is 2.64. The number of nitrogens with zero attached hydrogens (tertiary/aromatic N) is 2. The van der Waals surface area contributed by atoms with Crippen molar-refractivity contribution in [3.05, 3.63) is 53.7 Å². The quantitative estimate of drug-likeness (QED) is 0.849. The van der Waals surface area contributed by atoms with Crippen molar-refractivity contribution >= 4 is 29.1 Å². The van der Waals surface area contributed by atoms with Crippen LogP contribution in [-0.4, -0.2) is 25.0 Å². The molecule has 0 radical (unpaired) electrons. The van der Waals surface area contributed by atoms with Gasteiger partial charge in [-0.2, -0.15) is 0 Å². The summed E-state index contributed by atoms with van der Waals surface area (Å²) in [6.45, 7) is 0. The topological polar surface area (TPSA) is 45.2 Å². The number of aromatic nitrogens is 1. The highest BCUT2D eigenvalue weighted by Gasteiger charge is 2.24. The summed E-state index contributed by atoms with van der Waals surface area (Å²) in [6, 6.07) is 11.8. The normalized spacial score (nSPS) is 15.1. The Hall–Kier alpha value is -2.62. The highest BCUT2D eigenvalue weighted by atomic mass is 16.2. The van der Waals surface area contributed by atoms with Gasteiger partial charge >= 0.3 is 0 Å². The molecule has 0 bridgehead atoms. The zero-order valence-corrected chi connectivity index (χ0v) is 11.4. The van der Waals surface area contributed by atoms with Gasteiger partial charge in [-0.05, 0) is 35.9 Å². The van der Waals surface area contributed by atoms with Crippen LogP contribution >= 0.6 is 0 Å². The Morgan fingerprint density at radius 3 is 2.60 bits per heavy atom. The van der Waals surface area contributed by atoms with E-state index < -0.39 is 0 Å². The van der Waals surface area contributed by atoms with E-state index in [1.807, 2.05) is 61.5 Å². The zero-order valence-electron chi connectivity index (χ0n) is 11.4. The number of carbonyl (C=O) groups excluding carboxylic acids is 1. The zero-order chi connectivity index (χ0) is 14.1. The number of amides is 1. The van der Waals surface area contributed by atoms with Crippen LogP contribution in [0.3, 0.4) is 0 Å². The molecule has 4 heteroatoms. The fraction of sp³-hybridized carbons (Fsp3) is 0.125. The molecule has 0 atom stereocenters. The monoisotopic (exact) mass is 265 g/mol. The summed E-state index contributed by atoms with van der Waals surface area (Å²) >= 11 is 0. The summed E-state index contributed by atoms with van der Waals surface area (Å²) in [5, 5.41) is 2.77. The molecular formula is C16H15N3O. The lowest BCUT2D eigenvalue weighted by Gasteiger charge is -2.11. The van der Waals surface area contributed by atoms with E-state index in [-0.39, 0.29) is 5.91 Å². The van der Waals surface area contributed by atoms with Gasteiger partial charge in [0.2, 0.25) is 0 Å². The molecular weight excluding hydrogens is 250 g/mol. The second kappa shape index (κ2) is 4.81. The van der Waals surface area contributed by atoms with Crippen LogP contribution in [0, 0.1) is 0 Å². The third kappa shape index (κ3) is 2.16. The van der Waals surface area contributed by atoms with Gasteiger partial charge in [0.15, 0.2) is 0 Å². The van der Waals surface area contributed by atoms with Crippen LogP contribution in [-0.2, 0) is 4.79 Å². The van der Waals surface area contributed by atoms with Crippen molar-refractivity contribution in [2.75, 3.05) is 24.3 Å². The number of rotatable bonds is 2. The Kier molecular flexibility index (Phi) is 2.99. The Balaban J connectivity index is 1.98. The summed E-state index contributed by atoms with van der Waals surface area (Å²) < 4.78 is 0. The van der Waals surface area contributed by atoms with Gasteiger partial charge in [0.25, 0.3) is 5.91 Å². The molecule has 100 valence electrons. The van der Waals surface area contributed by atoms with Gasteiger partial charge in [-0.1, -0.05) is 12.1 Å². The van der Waals surface area contributed by atoms with Gasteiger partial charge in [0.05, 0.1) is 5.57 Å². The molecule has 3 rings (SSSR count). The molecule has 1 amide bonds. The van der Waals surface area contributed by atoms with Crippen LogP contribution in [0.15, 0.2) is 42.6 Å². The number of nitrogens with one attached hydrogen (secondary N) is 1. The van der Waals surface area contributed by atoms with Crippen LogP contribution in [0.25, 0.3) is 11.6 Å². The SMILES string of the molecule is CN(C)c1ccc(/C=C2\C(=O)Nc3ncccc32)cc1. The minimum absolute atomic E-state index is 0.101. The van der Waals surface area contributed by atoms with Crippen molar-refractivity contribution < 1.29 is 4.79 Å². The number of hydrogen-bond acceptors (Lipinski definition) is 3. The minimum Gasteiger partial charge on any atom is -0.378 e. The fourth-order valence-corrected chi connectivity index (χ4v) is 2.20. The first-order valence-electron chi connectivity index (χ1n) is 6.41. The molecule has 4 nitrogen and oxygen atoms in total. The van der Waals surface area contributed by atoms with Crippen molar-refractivity contribution in [3.8, 4) is 0 Å². The number of hydrogen-bond donors (Lipinski definition) is 1. The van der Waals surface area contributed by atoms with Crippen LogP contribution < -0.4 is 10.2 Å². The molecule has 1 aromatic carbocycles. The molecule has 0 saturated carbocycles. The van der Waals surface area contributed by atoms with Gasteiger partial charge in [-0.15, -0.1) is 0 Å². The minimum atomic E-state index is -0.101. The number of anilines is 2. The molecule has 1 aliphatic heterocycles. The number of benzene rings is 1. The van der Waals surface area contributed by atoms with E-state index in [1.54, 1.807) is 6.20 Å². The number of fused-ring (bicyclic) bond motifs is 1. The molecule has 0 saturated heterocycles. The highest BCUT2D eigenvalue weighted by molar-refractivity contribution is 6.34. The number of pyridine rings is 1. The highest BCUT2D eigenvalue weighted by Crippen LogP contribution is 2.31. The summed E-state index contributed by atoms with van der Waals surface area (Å²) in [5.74, 6) is 0.532. The lowest BCUT2D eigenvalue weighted by atomic mass is 10.1. The Bertz CT molecular complexity index is 687. The molecule has 1 aliphatic rings. The van der Waals surface area contributed by atoms with Crippen LogP contribution in [0.5, 0.6) is 0 Å². The molecule has 0 unspecified atom stereocenters. The van der Waals surface area contributed by atoms with Gasteiger partial charge in [-0.25, -0.2) is 4.98 Å². The average Bonchev–Trinajstić information content (AvgIpc) is 2.76. The first kappa shape index (κ1) is 12.4. The molecule has 1 aromatic heterocycles. The molecule has 0 spiro atoms. The summed E-state index contributed by atoms with van der Waals surface area (Å²) in [6.07, 6.45) is 3.57. The molecule has 0 aliphatic carbocycles. The van der Waals surface area contributed by atoms with Gasteiger partial charge in [0.1, 0.15) is 5.82 Å². The van der Waals surface area contributed by atoms with Crippen LogP contribution in [0.2, 0.25) is 0 Å². The third-order valence-electron chi connectivity index (χ3n) is 3.29. The first-order chi connectivity index (χ1) is 9.65. The Morgan fingerprint density at radius 2 is 1.90 bits per heavy atom. The maximum absolute atomic E-state index is 12.0. The predicted molar refractivity (Wildman–Crippen MR) is 81.5 cm³/mol. The molecule has 20 heavy (non-hydrogen) atoms. The lowest BCUT2D eigenvalue weighted by molar-refractivity contribution is -0.110. The largest absolute Gasteiger partial charge is 0.378 e. The maximum Gasteiger partial charge on any atom is 0.257 e. The van der Waals surface area contributed by atoms with Crippen molar-refractivity contribution in [2.24, 2.45) is 0 Å². The second-order valence-corrected chi connectivity index (χ2v) is 4.90. The molecule has 1 N–H and O–H groups in total.